The predicted molar refractivity (Wildman–Crippen MR) is 56.1 cm³/mol. The average Bonchev–Trinajstić information content (AvgIpc) is 2.24. The molecular formula is C11H20F3NO. The SMILES string of the molecule is OCCCCNC1CCC(C(F)(F)F)CC1. The Morgan fingerprint density at radius 2 is 1.69 bits per heavy atom. The molecule has 1 aliphatic carbocycles. The zero-order valence-corrected chi connectivity index (χ0v) is 9.39. The first-order valence-electron chi connectivity index (χ1n) is 5.95. The lowest BCUT2D eigenvalue weighted by molar-refractivity contribution is -0.182. The van der Waals surface area contributed by atoms with Crippen molar-refractivity contribution in [2.45, 2.75) is 50.7 Å². The van der Waals surface area contributed by atoms with Crippen LogP contribution in [0.1, 0.15) is 38.5 Å². The molecule has 5 heteroatoms. The summed E-state index contributed by atoms with van der Waals surface area (Å²) in [6, 6.07) is 0.234. The summed E-state index contributed by atoms with van der Waals surface area (Å²) < 4.78 is 37.1. The molecule has 2 nitrogen and oxygen atoms in total. The molecule has 0 bridgehead atoms. The molecule has 0 radical (unpaired) electrons. The summed E-state index contributed by atoms with van der Waals surface area (Å²) in [6.07, 6.45) is -0.641. The van der Waals surface area contributed by atoms with Crippen LogP contribution in [-0.2, 0) is 0 Å². The van der Waals surface area contributed by atoms with Crippen LogP contribution in [0.4, 0.5) is 13.2 Å². The second-order valence-electron chi connectivity index (χ2n) is 4.47. The van der Waals surface area contributed by atoms with E-state index in [2.05, 4.69) is 5.32 Å². The third-order valence-electron chi connectivity index (χ3n) is 3.21. The minimum Gasteiger partial charge on any atom is -0.396 e. The molecule has 1 fully saturated rings. The minimum absolute atomic E-state index is 0.183. The van der Waals surface area contributed by atoms with Crippen molar-refractivity contribution in [3.05, 3.63) is 0 Å². The fourth-order valence-electron chi connectivity index (χ4n) is 2.17. The normalized spacial score (nSPS) is 27.0. The summed E-state index contributed by atoms with van der Waals surface area (Å²) >= 11 is 0. The van der Waals surface area contributed by atoms with Gasteiger partial charge in [0.05, 0.1) is 5.92 Å². The van der Waals surface area contributed by atoms with Gasteiger partial charge in [0.1, 0.15) is 0 Å². The predicted octanol–water partition coefficient (Wildman–Crippen LogP) is 2.47. The summed E-state index contributed by atoms with van der Waals surface area (Å²) in [4.78, 5) is 0. The highest BCUT2D eigenvalue weighted by Crippen LogP contribution is 2.37. The Balaban J connectivity index is 2.12. The number of aliphatic hydroxyl groups excluding tert-OH is 1. The third kappa shape index (κ3) is 4.70. The zero-order chi connectivity index (χ0) is 12.0. The van der Waals surface area contributed by atoms with Gasteiger partial charge in [-0.1, -0.05) is 0 Å². The number of alkyl halides is 3. The number of hydrogen-bond acceptors (Lipinski definition) is 2. The lowest BCUT2D eigenvalue weighted by Gasteiger charge is -2.30. The molecule has 0 aromatic carbocycles. The minimum atomic E-state index is -4.01. The second-order valence-corrected chi connectivity index (χ2v) is 4.47. The molecule has 2 N–H and O–H groups in total. The van der Waals surface area contributed by atoms with Crippen molar-refractivity contribution in [1.29, 1.82) is 0 Å². The van der Waals surface area contributed by atoms with Crippen LogP contribution in [0, 0.1) is 5.92 Å². The second kappa shape index (κ2) is 6.45. The van der Waals surface area contributed by atoms with Crippen LogP contribution < -0.4 is 5.32 Å². The van der Waals surface area contributed by atoms with E-state index in [9.17, 15) is 13.2 Å². The number of nitrogens with one attached hydrogen (secondary N) is 1. The Hall–Kier alpha value is -0.290. The molecule has 0 aliphatic heterocycles. The van der Waals surface area contributed by atoms with Crippen molar-refractivity contribution in [3.63, 3.8) is 0 Å². The smallest absolute Gasteiger partial charge is 0.391 e. The van der Waals surface area contributed by atoms with E-state index in [-0.39, 0.29) is 25.5 Å². The molecule has 0 aromatic rings. The van der Waals surface area contributed by atoms with E-state index in [0.29, 0.717) is 12.8 Å². The van der Waals surface area contributed by atoms with Gasteiger partial charge in [0, 0.05) is 12.6 Å². The van der Waals surface area contributed by atoms with Gasteiger partial charge in [0.25, 0.3) is 0 Å². The van der Waals surface area contributed by atoms with Gasteiger partial charge in [-0.05, 0) is 45.1 Å². The standard InChI is InChI=1S/C11H20F3NO/c12-11(13,14)9-3-5-10(6-4-9)15-7-1-2-8-16/h9-10,15-16H,1-8H2. The molecule has 0 amide bonds. The Bertz CT molecular complexity index is 188. The highest BCUT2D eigenvalue weighted by molar-refractivity contribution is 4.80. The van der Waals surface area contributed by atoms with Gasteiger partial charge in [-0.2, -0.15) is 13.2 Å². The topological polar surface area (TPSA) is 32.3 Å². The van der Waals surface area contributed by atoms with E-state index >= 15 is 0 Å². The lowest BCUT2D eigenvalue weighted by atomic mass is 9.85. The van der Waals surface area contributed by atoms with Gasteiger partial charge in [0.2, 0.25) is 0 Å². The van der Waals surface area contributed by atoms with Gasteiger partial charge in [-0.15, -0.1) is 0 Å². The van der Waals surface area contributed by atoms with E-state index in [0.717, 1.165) is 19.4 Å². The number of unbranched alkanes of at least 4 members (excludes halogenated alkanes) is 1. The highest BCUT2D eigenvalue weighted by atomic mass is 19.4. The maximum Gasteiger partial charge on any atom is 0.391 e. The van der Waals surface area contributed by atoms with Gasteiger partial charge in [-0.25, -0.2) is 0 Å². The molecular weight excluding hydrogens is 219 g/mol. The summed E-state index contributed by atoms with van der Waals surface area (Å²) in [5.74, 6) is -1.09. The van der Waals surface area contributed by atoms with Crippen LogP contribution in [0.3, 0.4) is 0 Å². The maximum atomic E-state index is 12.4. The molecule has 0 heterocycles. The van der Waals surface area contributed by atoms with Gasteiger partial charge < -0.3 is 10.4 Å². The van der Waals surface area contributed by atoms with E-state index in [4.69, 9.17) is 5.11 Å². The van der Waals surface area contributed by atoms with Crippen molar-refractivity contribution in [1.82, 2.24) is 5.32 Å². The highest BCUT2D eigenvalue weighted by Gasteiger charge is 2.41. The lowest BCUT2D eigenvalue weighted by Crippen LogP contribution is -2.37. The molecule has 0 unspecified atom stereocenters. The molecule has 1 rings (SSSR count). The fourth-order valence-corrected chi connectivity index (χ4v) is 2.17. The first-order chi connectivity index (χ1) is 7.54. The molecule has 1 aliphatic rings. The summed E-state index contributed by atoms with van der Waals surface area (Å²) in [7, 11) is 0. The molecule has 0 atom stereocenters. The third-order valence-corrected chi connectivity index (χ3v) is 3.21. The molecule has 0 saturated heterocycles. The first-order valence-corrected chi connectivity index (χ1v) is 5.95. The summed E-state index contributed by atoms with van der Waals surface area (Å²) in [5.41, 5.74) is 0. The first kappa shape index (κ1) is 13.8. The van der Waals surface area contributed by atoms with Crippen LogP contribution in [0.15, 0.2) is 0 Å². The van der Waals surface area contributed by atoms with E-state index < -0.39 is 12.1 Å². The van der Waals surface area contributed by atoms with Gasteiger partial charge in [0.15, 0.2) is 0 Å². The average molecular weight is 239 g/mol. The summed E-state index contributed by atoms with van der Waals surface area (Å²) in [6.45, 7) is 0.977. The largest absolute Gasteiger partial charge is 0.396 e. The Morgan fingerprint density at radius 1 is 1.06 bits per heavy atom. The Kier molecular flexibility index (Phi) is 5.55. The molecule has 16 heavy (non-hydrogen) atoms. The van der Waals surface area contributed by atoms with Crippen LogP contribution >= 0.6 is 0 Å². The monoisotopic (exact) mass is 239 g/mol. The molecule has 0 spiro atoms. The number of aliphatic hydroxyl groups is 1. The maximum absolute atomic E-state index is 12.4. The Morgan fingerprint density at radius 3 is 2.19 bits per heavy atom. The number of rotatable bonds is 5. The number of halogens is 3. The van der Waals surface area contributed by atoms with Crippen LogP contribution in [0.5, 0.6) is 0 Å². The van der Waals surface area contributed by atoms with Crippen LogP contribution in [-0.4, -0.2) is 30.5 Å². The van der Waals surface area contributed by atoms with Crippen molar-refractivity contribution in [2.24, 2.45) is 5.92 Å². The van der Waals surface area contributed by atoms with Crippen molar-refractivity contribution < 1.29 is 18.3 Å². The van der Waals surface area contributed by atoms with Gasteiger partial charge >= 0.3 is 6.18 Å². The van der Waals surface area contributed by atoms with Crippen molar-refractivity contribution in [2.75, 3.05) is 13.2 Å². The number of hydrogen-bond donors (Lipinski definition) is 2. The van der Waals surface area contributed by atoms with E-state index in [1.807, 2.05) is 0 Å². The van der Waals surface area contributed by atoms with Crippen molar-refractivity contribution in [3.8, 4) is 0 Å². The van der Waals surface area contributed by atoms with E-state index in [1.165, 1.54) is 0 Å². The van der Waals surface area contributed by atoms with Crippen LogP contribution in [0.25, 0.3) is 0 Å². The van der Waals surface area contributed by atoms with E-state index in [1.54, 1.807) is 0 Å². The molecule has 0 aromatic heterocycles. The zero-order valence-electron chi connectivity index (χ0n) is 9.39. The quantitative estimate of drug-likeness (QED) is 0.722. The Labute approximate surface area is 94.2 Å². The molecule has 1 saturated carbocycles. The molecule has 96 valence electrons. The fraction of sp³-hybridized carbons (Fsp3) is 1.00. The van der Waals surface area contributed by atoms with Crippen LogP contribution in [0.2, 0.25) is 0 Å². The van der Waals surface area contributed by atoms with Crippen molar-refractivity contribution >= 4 is 0 Å². The summed E-state index contributed by atoms with van der Waals surface area (Å²) in [5, 5.41) is 11.8. The van der Waals surface area contributed by atoms with Gasteiger partial charge in [-0.3, -0.25) is 0 Å².